The summed E-state index contributed by atoms with van der Waals surface area (Å²) in [6.07, 6.45) is 2.46. The molecule has 1 heterocycles. The lowest BCUT2D eigenvalue weighted by Gasteiger charge is -2.33. The fourth-order valence-corrected chi connectivity index (χ4v) is 4.87. The summed E-state index contributed by atoms with van der Waals surface area (Å²) in [6.45, 7) is 5.85. The van der Waals surface area contributed by atoms with E-state index in [2.05, 4.69) is 4.90 Å². The van der Waals surface area contributed by atoms with Crippen LogP contribution in [0.25, 0.3) is 10.8 Å². The summed E-state index contributed by atoms with van der Waals surface area (Å²) < 4.78 is 11.3. The van der Waals surface area contributed by atoms with Gasteiger partial charge in [-0.1, -0.05) is 18.2 Å². The molecule has 0 spiro atoms. The van der Waals surface area contributed by atoms with Crippen molar-refractivity contribution < 1.29 is 19.1 Å². The van der Waals surface area contributed by atoms with Crippen LogP contribution in [0.2, 0.25) is 0 Å². The van der Waals surface area contributed by atoms with E-state index in [-0.39, 0.29) is 30.2 Å². The number of hydrogen-bond acceptors (Lipinski definition) is 6. The van der Waals surface area contributed by atoms with Crippen molar-refractivity contribution in [2.24, 2.45) is 5.73 Å². The van der Waals surface area contributed by atoms with Crippen molar-refractivity contribution in [2.75, 3.05) is 31.1 Å². The summed E-state index contributed by atoms with van der Waals surface area (Å²) in [4.78, 5) is 29.5. The number of benzene rings is 3. The Labute approximate surface area is 234 Å². The third-order valence-corrected chi connectivity index (χ3v) is 7.08. The maximum atomic E-state index is 13.8. The van der Waals surface area contributed by atoms with Gasteiger partial charge in [-0.05, 0) is 73.5 Å². The van der Waals surface area contributed by atoms with Gasteiger partial charge < -0.3 is 25.0 Å². The van der Waals surface area contributed by atoms with Crippen molar-refractivity contribution in [1.82, 2.24) is 4.90 Å². The second kappa shape index (κ2) is 13.1. The van der Waals surface area contributed by atoms with Gasteiger partial charge in [0.25, 0.3) is 5.91 Å². The molecule has 4 N–H and O–H groups in total. The fraction of sp³-hybridized carbons (Fsp3) is 0.355. The molecule has 3 aromatic rings. The van der Waals surface area contributed by atoms with Crippen molar-refractivity contribution in [2.45, 2.75) is 45.6 Å². The molecular weight excluding hydrogens is 506 g/mol. The average Bonchev–Trinajstić information content (AvgIpc) is 2.95. The van der Waals surface area contributed by atoms with Crippen LogP contribution in [0.5, 0.6) is 5.75 Å². The SMILES string of the molecule is CCOC(=O)CCCN(C(=O)c1ccc2ccc(C(=N)N)cc2c1)c1ccc(OC2CCN(C(C)=N)CC2)cc1. The number of hydrogen-bond donors (Lipinski definition) is 3. The van der Waals surface area contributed by atoms with Crippen LogP contribution in [0, 0.1) is 10.8 Å². The maximum Gasteiger partial charge on any atom is 0.305 e. The predicted octanol–water partition coefficient (Wildman–Crippen LogP) is 4.95. The molecule has 9 heteroatoms. The Morgan fingerprint density at radius 2 is 1.62 bits per heavy atom. The monoisotopic (exact) mass is 543 g/mol. The van der Waals surface area contributed by atoms with E-state index in [1.807, 2.05) is 42.5 Å². The standard InChI is InChI=1S/C31H37N5O4/c1-3-39-29(37)5-4-16-36(31(38)24-9-7-22-6-8-23(30(33)34)19-25(22)20-24)26-10-12-27(13-11-26)40-28-14-17-35(18-15-28)21(2)32/h6-13,19-20,28,32H,3-5,14-18H2,1-2H3,(H3,33,34). The van der Waals surface area contributed by atoms with Gasteiger partial charge >= 0.3 is 5.97 Å². The number of carbonyl (C=O) groups excluding carboxylic acids is 2. The van der Waals surface area contributed by atoms with E-state index < -0.39 is 0 Å². The Hall–Kier alpha value is -4.40. The topological polar surface area (TPSA) is 133 Å². The molecule has 0 radical (unpaired) electrons. The molecule has 4 rings (SSSR count). The smallest absolute Gasteiger partial charge is 0.305 e. The number of likely N-dealkylation sites (tertiary alicyclic amines) is 1. The highest BCUT2D eigenvalue weighted by atomic mass is 16.5. The number of nitrogens with two attached hydrogens (primary N) is 1. The first-order valence-electron chi connectivity index (χ1n) is 13.7. The molecule has 1 aliphatic rings. The summed E-state index contributed by atoms with van der Waals surface area (Å²) in [7, 11) is 0. The summed E-state index contributed by atoms with van der Waals surface area (Å²) >= 11 is 0. The van der Waals surface area contributed by atoms with Crippen molar-refractivity contribution in [3.8, 4) is 5.75 Å². The molecule has 0 aliphatic carbocycles. The first-order valence-corrected chi connectivity index (χ1v) is 13.7. The molecule has 1 saturated heterocycles. The second-order valence-corrected chi connectivity index (χ2v) is 9.94. The minimum Gasteiger partial charge on any atom is -0.490 e. The van der Waals surface area contributed by atoms with Crippen LogP contribution in [-0.4, -0.2) is 60.8 Å². The number of piperidine rings is 1. The highest BCUT2D eigenvalue weighted by Gasteiger charge is 2.22. The van der Waals surface area contributed by atoms with E-state index in [0.717, 1.165) is 42.5 Å². The van der Waals surface area contributed by atoms with Crippen LogP contribution in [0.4, 0.5) is 5.69 Å². The van der Waals surface area contributed by atoms with Gasteiger partial charge in [0, 0.05) is 55.7 Å². The Morgan fingerprint density at radius 3 is 2.25 bits per heavy atom. The van der Waals surface area contributed by atoms with Gasteiger partial charge in [-0.3, -0.25) is 20.4 Å². The van der Waals surface area contributed by atoms with Crippen molar-refractivity contribution in [3.63, 3.8) is 0 Å². The zero-order valence-electron chi connectivity index (χ0n) is 23.1. The molecule has 0 atom stereocenters. The zero-order chi connectivity index (χ0) is 28.6. The summed E-state index contributed by atoms with van der Waals surface area (Å²) in [5.41, 5.74) is 7.46. The van der Waals surface area contributed by atoms with Crippen molar-refractivity contribution in [1.29, 1.82) is 10.8 Å². The van der Waals surface area contributed by atoms with Crippen LogP contribution in [0.3, 0.4) is 0 Å². The van der Waals surface area contributed by atoms with Gasteiger partial charge in [-0.15, -0.1) is 0 Å². The van der Waals surface area contributed by atoms with E-state index >= 15 is 0 Å². The molecular formula is C31H37N5O4. The van der Waals surface area contributed by atoms with E-state index in [0.29, 0.717) is 42.2 Å². The lowest BCUT2D eigenvalue weighted by Crippen LogP contribution is -2.40. The zero-order valence-corrected chi connectivity index (χ0v) is 23.1. The molecule has 0 unspecified atom stereocenters. The lowest BCUT2D eigenvalue weighted by atomic mass is 10.0. The third-order valence-electron chi connectivity index (χ3n) is 7.08. The molecule has 0 bridgehead atoms. The summed E-state index contributed by atoms with van der Waals surface area (Å²) in [5.74, 6) is 0.806. The minimum absolute atomic E-state index is 0.0306. The second-order valence-electron chi connectivity index (χ2n) is 9.94. The first kappa shape index (κ1) is 28.6. The summed E-state index contributed by atoms with van der Waals surface area (Å²) in [6, 6.07) is 18.4. The van der Waals surface area contributed by atoms with Gasteiger partial charge in [-0.25, -0.2) is 0 Å². The molecule has 40 heavy (non-hydrogen) atoms. The number of ether oxygens (including phenoxy) is 2. The Kier molecular flexibility index (Phi) is 9.37. The highest BCUT2D eigenvalue weighted by Crippen LogP contribution is 2.26. The molecule has 1 aliphatic heterocycles. The molecule has 9 nitrogen and oxygen atoms in total. The van der Waals surface area contributed by atoms with E-state index in [1.165, 1.54) is 0 Å². The quantitative estimate of drug-likeness (QED) is 0.188. The van der Waals surface area contributed by atoms with Gasteiger partial charge in [-0.2, -0.15) is 0 Å². The predicted molar refractivity (Wildman–Crippen MR) is 158 cm³/mol. The summed E-state index contributed by atoms with van der Waals surface area (Å²) in [5, 5.41) is 17.3. The Balaban J connectivity index is 1.52. The first-order chi connectivity index (χ1) is 19.2. The Morgan fingerprint density at radius 1 is 0.975 bits per heavy atom. The van der Waals surface area contributed by atoms with E-state index in [4.69, 9.17) is 26.0 Å². The number of fused-ring (bicyclic) bond motifs is 1. The maximum absolute atomic E-state index is 13.8. The molecule has 1 fully saturated rings. The van der Waals surface area contributed by atoms with Crippen LogP contribution >= 0.6 is 0 Å². The van der Waals surface area contributed by atoms with Gasteiger partial charge in [0.15, 0.2) is 0 Å². The number of nitrogen functional groups attached to an aromatic ring is 1. The number of amides is 1. The largest absolute Gasteiger partial charge is 0.490 e. The molecule has 0 saturated carbocycles. The number of anilines is 1. The van der Waals surface area contributed by atoms with Crippen LogP contribution < -0.4 is 15.4 Å². The number of nitrogens with one attached hydrogen (secondary N) is 2. The highest BCUT2D eigenvalue weighted by molar-refractivity contribution is 6.08. The van der Waals surface area contributed by atoms with Crippen molar-refractivity contribution in [3.05, 3.63) is 71.8 Å². The average molecular weight is 544 g/mol. The third kappa shape index (κ3) is 7.16. The minimum atomic E-state index is -0.287. The number of esters is 1. The van der Waals surface area contributed by atoms with Gasteiger partial charge in [0.1, 0.15) is 17.7 Å². The van der Waals surface area contributed by atoms with E-state index in [1.54, 1.807) is 36.9 Å². The van der Waals surface area contributed by atoms with Crippen LogP contribution in [0.15, 0.2) is 60.7 Å². The number of carbonyl (C=O) groups is 2. The Bertz CT molecular complexity index is 1380. The molecule has 1 amide bonds. The van der Waals surface area contributed by atoms with Gasteiger partial charge in [0.05, 0.1) is 12.4 Å². The van der Waals surface area contributed by atoms with Gasteiger partial charge in [0.2, 0.25) is 0 Å². The van der Waals surface area contributed by atoms with Crippen molar-refractivity contribution >= 4 is 40.0 Å². The number of nitrogens with zero attached hydrogens (tertiary/aromatic N) is 2. The van der Waals surface area contributed by atoms with E-state index in [9.17, 15) is 9.59 Å². The van der Waals surface area contributed by atoms with Crippen LogP contribution in [0.1, 0.15) is 55.5 Å². The van der Waals surface area contributed by atoms with Crippen LogP contribution in [-0.2, 0) is 9.53 Å². The number of amidine groups is 2. The molecule has 0 aromatic heterocycles. The normalized spacial score (nSPS) is 13.6. The lowest BCUT2D eigenvalue weighted by molar-refractivity contribution is -0.143. The molecule has 210 valence electrons. The molecule has 3 aromatic carbocycles. The fourth-order valence-electron chi connectivity index (χ4n) is 4.87. The number of rotatable bonds is 10.